The van der Waals surface area contributed by atoms with Gasteiger partial charge in [-0.1, -0.05) is 35.9 Å². The van der Waals surface area contributed by atoms with Crippen LogP contribution in [0.4, 0.5) is 0 Å². The van der Waals surface area contributed by atoms with Crippen LogP contribution in [0.25, 0.3) is 11.6 Å². The lowest BCUT2D eigenvalue weighted by Crippen LogP contribution is -2.27. The Hall–Kier alpha value is -2.85. The van der Waals surface area contributed by atoms with Crippen molar-refractivity contribution in [3.8, 4) is 5.75 Å². The molecule has 4 rings (SSSR count). The zero-order valence-corrected chi connectivity index (χ0v) is 15.4. The highest BCUT2D eigenvalue weighted by Gasteiger charge is 2.24. The van der Waals surface area contributed by atoms with Gasteiger partial charge in [-0.25, -0.2) is 4.79 Å². The van der Waals surface area contributed by atoms with Crippen molar-refractivity contribution in [2.24, 2.45) is 0 Å². The number of hydrogen-bond acceptors (Lipinski definition) is 3. The number of ether oxygens (including phenoxy) is 1. The largest absolute Gasteiger partial charge is 0.488 e. The number of hydrogen-bond donors (Lipinski definition) is 1. The van der Waals surface area contributed by atoms with E-state index in [0.717, 1.165) is 42.8 Å². The van der Waals surface area contributed by atoms with Gasteiger partial charge in [-0.15, -0.1) is 0 Å². The van der Waals surface area contributed by atoms with Crippen LogP contribution in [-0.4, -0.2) is 36.1 Å². The number of likely N-dealkylation sites (tertiary alicyclic amines) is 1. The summed E-state index contributed by atoms with van der Waals surface area (Å²) in [6, 6.07) is 14.3. The van der Waals surface area contributed by atoms with Gasteiger partial charge in [0.25, 0.3) is 0 Å². The summed E-state index contributed by atoms with van der Waals surface area (Å²) < 4.78 is 6.11. The van der Waals surface area contributed by atoms with Crippen LogP contribution in [0.15, 0.2) is 54.1 Å². The number of piperidine rings is 1. The maximum Gasteiger partial charge on any atom is 0.328 e. The summed E-state index contributed by atoms with van der Waals surface area (Å²) in [6.07, 6.45) is 4.88. The fourth-order valence-corrected chi connectivity index (χ4v) is 3.85. The van der Waals surface area contributed by atoms with Crippen LogP contribution in [0, 0.1) is 0 Å². The van der Waals surface area contributed by atoms with Gasteiger partial charge < -0.3 is 14.7 Å². The second-order valence-corrected chi connectivity index (χ2v) is 7.15. The normalized spacial score (nSPS) is 17.2. The number of carbonyl (C=O) groups is 1. The van der Waals surface area contributed by atoms with Gasteiger partial charge in [0.15, 0.2) is 0 Å². The number of fused-ring (bicyclic) bond motifs is 2. The standard InChI is InChI=1S/C23H23NO3/c1-24-12-10-17(11-13-24)23-19-5-3-2-4-18(19)15-27-21-8-6-16(14-20(21)23)7-9-22(25)26/h2-9,14H,10-13,15H2,1H3,(H,25,26). The number of carboxylic acid groups (broad SMARTS) is 1. The van der Waals surface area contributed by atoms with E-state index in [9.17, 15) is 4.79 Å². The van der Waals surface area contributed by atoms with E-state index in [1.54, 1.807) is 6.08 Å². The molecule has 0 radical (unpaired) electrons. The Morgan fingerprint density at radius 1 is 1.11 bits per heavy atom. The van der Waals surface area contributed by atoms with Gasteiger partial charge in [-0.2, -0.15) is 0 Å². The molecule has 2 heterocycles. The Bertz CT molecular complexity index is 932. The first-order chi connectivity index (χ1) is 13.1. The van der Waals surface area contributed by atoms with Gasteiger partial charge in [0.05, 0.1) is 0 Å². The molecule has 0 amide bonds. The summed E-state index contributed by atoms with van der Waals surface area (Å²) >= 11 is 0. The third-order valence-corrected chi connectivity index (χ3v) is 5.31. The minimum absolute atomic E-state index is 0.546. The summed E-state index contributed by atoms with van der Waals surface area (Å²) in [5.74, 6) is -0.0828. The van der Waals surface area contributed by atoms with E-state index in [1.807, 2.05) is 12.1 Å². The predicted molar refractivity (Wildman–Crippen MR) is 107 cm³/mol. The molecule has 27 heavy (non-hydrogen) atoms. The molecule has 0 saturated carbocycles. The highest BCUT2D eigenvalue weighted by molar-refractivity contribution is 5.89. The van der Waals surface area contributed by atoms with E-state index >= 15 is 0 Å². The number of carboxylic acids is 1. The molecule has 2 aliphatic rings. The quantitative estimate of drug-likeness (QED) is 0.815. The van der Waals surface area contributed by atoms with Crippen LogP contribution in [0.5, 0.6) is 5.75 Å². The molecule has 2 aromatic carbocycles. The summed E-state index contributed by atoms with van der Waals surface area (Å²) in [4.78, 5) is 13.3. The molecular weight excluding hydrogens is 338 g/mol. The van der Waals surface area contributed by atoms with Crippen LogP contribution >= 0.6 is 0 Å². The highest BCUT2D eigenvalue weighted by atomic mass is 16.5. The van der Waals surface area contributed by atoms with Crippen molar-refractivity contribution in [3.63, 3.8) is 0 Å². The first kappa shape index (κ1) is 17.6. The second-order valence-electron chi connectivity index (χ2n) is 7.15. The molecule has 0 bridgehead atoms. The predicted octanol–water partition coefficient (Wildman–Crippen LogP) is 4.20. The first-order valence-corrected chi connectivity index (χ1v) is 9.29. The summed E-state index contributed by atoms with van der Waals surface area (Å²) in [5.41, 5.74) is 7.06. The van der Waals surface area contributed by atoms with E-state index in [0.29, 0.717) is 6.61 Å². The number of rotatable bonds is 2. The van der Waals surface area contributed by atoms with E-state index in [2.05, 4.69) is 42.3 Å². The molecule has 4 nitrogen and oxygen atoms in total. The number of nitrogens with zero attached hydrogens (tertiary/aromatic N) is 1. The molecule has 4 heteroatoms. The maximum atomic E-state index is 10.9. The SMILES string of the molecule is CN1CCC(=C2c3ccccc3COc3ccc(C=CC(=O)O)cc32)CC1. The van der Waals surface area contributed by atoms with E-state index in [1.165, 1.54) is 28.3 Å². The van der Waals surface area contributed by atoms with Crippen molar-refractivity contribution in [2.45, 2.75) is 19.4 Å². The van der Waals surface area contributed by atoms with Crippen LogP contribution in [0.1, 0.15) is 35.1 Å². The van der Waals surface area contributed by atoms with Crippen molar-refractivity contribution in [3.05, 3.63) is 76.4 Å². The van der Waals surface area contributed by atoms with Crippen LogP contribution in [0.3, 0.4) is 0 Å². The lowest BCUT2D eigenvalue weighted by atomic mass is 9.86. The zero-order valence-electron chi connectivity index (χ0n) is 15.4. The van der Waals surface area contributed by atoms with Gasteiger partial charge in [0.1, 0.15) is 12.4 Å². The fraction of sp³-hybridized carbons (Fsp3) is 0.261. The van der Waals surface area contributed by atoms with Crippen molar-refractivity contribution >= 4 is 17.6 Å². The molecule has 0 aromatic heterocycles. The van der Waals surface area contributed by atoms with Crippen LogP contribution < -0.4 is 4.74 Å². The van der Waals surface area contributed by atoms with E-state index in [4.69, 9.17) is 9.84 Å². The van der Waals surface area contributed by atoms with Gasteiger partial charge in [0.2, 0.25) is 0 Å². The van der Waals surface area contributed by atoms with Crippen LogP contribution in [-0.2, 0) is 11.4 Å². The Morgan fingerprint density at radius 2 is 1.89 bits per heavy atom. The lowest BCUT2D eigenvalue weighted by Gasteiger charge is -2.27. The van der Waals surface area contributed by atoms with Crippen molar-refractivity contribution in [2.75, 3.05) is 20.1 Å². The molecule has 0 aliphatic carbocycles. The van der Waals surface area contributed by atoms with Crippen molar-refractivity contribution in [1.29, 1.82) is 0 Å². The summed E-state index contributed by atoms with van der Waals surface area (Å²) in [6.45, 7) is 2.65. The zero-order chi connectivity index (χ0) is 18.8. The van der Waals surface area contributed by atoms with E-state index in [-0.39, 0.29) is 0 Å². The van der Waals surface area contributed by atoms with Crippen molar-refractivity contribution in [1.82, 2.24) is 4.90 Å². The van der Waals surface area contributed by atoms with Gasteiger partial charge in [0, 0.05) is 24.7 Å². The molecule has 0 spiro atoms. The third-order valence-electron chi connectivity index (χ3n) is 5.31. The molecule has 0 atom stereocenters. The minimum atomic E-state index is -0.944. The molecule has 0 unspecified atom stereocenters. The fourth-order valence-electron chi connectivity index (χ4n) is 3.85. The minimum Gasteiger partial charge on any atom is -0.488 e. The van der Waals surface area contributed by atoms with Gasteiger partial charge in [-0.05, 0) is 60.4 Å². The Balaban J connectivity index is 1.89. The smallest absolute Gasteiger partial charge is 0.328 e. The van der Waals surface area contributed by atoms with E-state index < -0.39 is 5.97 Å². The summed E-state index contributed by atoms with van der Waals surface area (Å²) in [7, 11) is 2.16. The van der Waals surface area contributed by atoms with Crippen molar-refractivity contribution < 1.29 is 14.6 Å². The average molecular weight is 361 g/mol. The number of benzene rings is 2. The summed E-state index contributed by atoms with van der Waals surface area (Å²) in [5, 5.41) is 8.94. The monoisotopic (exact) mass is 361 g/mol. The van der Waals surface area contributed by atoms with Crippen LogP contribution in [0.2, 0.25) is 0 Å². The second kappa shape index (κ2) is 7.41. The molecule has 1 saturated heterocycles. The molecule has 2 aromatic rings. The topological polar surface area (TPSA) is 49.8 Å². The Labute approximate surface area is 159 Å². The van der Waals surface area contributed by atoms with Gasteiger partial charge in [-0.3, -0.25) is 0 Å². The van der Waals surface area contributed by atoms with Gasteiger partial charge >= 0.3 is 5.97 Å². The number of aliphatic carboxylic acids is 1. The Kier molecular flexibility index (Phi) is 4.82. The first-order valence-electron chi connectivity index (χ1n) is 9.29. The lowest BCUT2D eigenvalue weighted by molar-refractivity contribution is -0.131. The average Bonchev–Trinajstić information content (AvgIpc) is 2.84. The maximum absolute atomic E-state index is 10.9. The molecule has 1 N–H and O–H groups in total. The third kappa shape index (κ3) is 3.67. The Morgan fingerprint density at radius 3 is 2.67 bits per heavy atom. The highest BCUT2D eigenvalue weighted by Crippen LogP contribution is 2.41. The molecule has 2 aliphatic heterocycles. The molecule has 1 fully saturated rings. The molecular formula is C23H23NO3. The molecule has 138 valence electrons.